The first-order valence-corrected chi connectivity index (χ1v) is 14.9. The number of amides is 4. The van der Waals surface area contributed by atoms with Crippen LogP contribution in [-0.4, -0.2) is 83.4 Å². The molecule has 1 fully saturated rings. The molecule has 1 saturated heterocycles. The number of hydrogen-bond donors (Lipinski definition) is 2. The third-order valence-corrected chi connectivity index (χ3v) is 7.67. The first-order chi connectivity index (χ1) is 20.7. The van der Waals surface area contributed by atoms with E-state index in [1.54, 1.807) is 46.6 Å². The number of alkyl carbamates (subject to hydrolysis) is 1. The molecule has 0 radical (unpaired) electrons. The van der Waals surface area contributed by atoms with Crippen molar-refractivity contribution < 1.29 is 28.7 Å². The molecule has 11 heteroatoms. The Labute approximate surface area is 258 Å². The zero-order valence-corrected chi connectivity index (χ0v) is 26.4. The molecule has 2 N–H and O–H groups in total. The molecule has 11 nitrogen and oxygen atoms in total. The second-order valence-corrected chi connectivity index (χ2v) is 12.9. The molecule has 0 unspecified atom stereocenters. The molecule has 2 aliphatic rings. The number of carbonyl (C=O) groups excluding carboxylic acids is 4. The SMILES string of the molecule is CN1N=C2CCN(C(=O)[C@@H](CCOc3ccccc3)NC(=O)C(C)(C)NC(=O)OC(C)(C)C)C[C@@]2(Cc2ccccc2)C1=O. The number of hydrogen-bond acceptors (Lipinski definition) is 7. The van der Waals surface area contributed by atoms with Gasteiger partial charge in [0.1, 0.15) is 28.3 Å². The van der Waals surface area contributed by atoms with Crippen molar-refractivity contribution in [2.45, 2.75) is 71.1 Å². The Morgan fingerprint density at radius 2 is 1.64 bits per heavy atom. The Balaban J connectivity index is 1.54. The first-order valence-electron chi connectivity index (χ1n) is 14.9. The van der Waals surface area contributed by atoms with Gasteiger partial charge in [0.2, 0.25) is 11.8 Å². The fraction of sp³-hybridized carbons (Fsp3) is 0.485. The van der Waals surface area contributed by atoms with Crippen LogP contribution in [0.4, 0.5) is 4.79 Å². The molecule has 2 aromatic carbocycles. The molecule has 0 aliphatic carbocycles. The highest BCUT2D eigenvalue weighted by atomic mass is 16.6. The molecule has 236 valence electrons. The van der Waals surface area contributed by atoms with Crippen LogP contribution in [0, 0.1) is 5.41 Å². The van der Waals surface area contributed by atoms with Crippen LogP contribution >= 0.6 is 0 Å². The highest BCUT2D eigenvalue weighted by molar-refractivity contribution is 6.13. The molecule has 44 heavy (non-hydrogen) atoms. The lowest BCUT2D eigenvalue weighted by Crippen LogP contribution is -2.62. The van der Waals surface area contributed by atoms with Crippen molar-refractivity contribution in [2.75, 3.05) is 26.7 Å². The number of fused-ring (bicyclic) bond motifs is 1. The van der Waals surface area contributed by atoms with E-state index >= 15 is 0 Å². The number of hydrazone groups is 1. The molecule has 0 spiro atoms. The molecule has 2 heterocycles. The van der Waals surface area contributed by atoms with Crippen LogP contribution in [0.2, 0.25) is 0 Å². The first kappa shape index (κ1) is 32.5. The van der Waals surface area contributed by atoms with E-state index < -0.39 is 34.6 Å². The van der Waals surface area contributed by atoms with Gasteiger partial charge in [-0.25, -0.2) is 9.80 Å². The highest BCUT2D eigenvalue weighted by Crippen LogP contribution is 2.38. The predicted molar refractivity (Wildman–Crippen MR) is 166 cm³/mol. The van der Waals surface area contributed by atoms with Crippen LogP contribution in [0.5, 0.6) is 5.75 Å². The maximum atomic E-state index is 14.2. The fourth-order valence-electron chi connectivity index (χ4n) is 5.46. The summed E-state index contributed by atoms with van der Waals surface area (Å²) >= 11 is 0. The molecule has 0 saturated carbocycles. The van der Waals surface area contributed by atoms with E-state index in [0.29, 0.717) is 25.1 Å². The standard InChI is InChI=1S/C33H43N5O6/c1-31(2,3)44-30(42)35-32(4,5)28(40)34-25(18-20-43-24-15-11-8-12-16-24)27(39)38-19-17-26-33(22-38,29(41)37(6)36-26)21-23-13-9-7-10-14-23/h7-16,25H,17-22H2,1-6H3,(H,34,40)(H,35,42)/t25-,33-/m1/s1. The maximum Gasteiger partial charge on any atom is 0.408 e. The van der Waals surface area contributed by atoms with Crippen LogP contribution in [0.3, 0.4) is 0 Å². The van der Waals surface area contributed by atoms with Gasteiger partial charge in [-0.15, -0.1) is 0 Å². The van der Waals surface area contributed by atoms with E-state index in [9.17, 15) is 19.2 Å². The van der Waals surface area contributed by atoms with Gasteiger partial charge in [-0.3, -0.25) is 14.4 Å². The molecular formula is C33H43N5O6. The number of ether oxygens (including phenoxy) is 2. The van der Waals surface area contributed by atoms with Gasteiger partial charge in [0.05, 0.1) is 12.3 Å². The Morgan fingerprint density at radius 3 is 2.27 bits per heavy atom. The molecule has 2 aromatic rings. The molecule has 2 atom stereocenters. The van der Waals surface area contributed by atoms with Crippen molar-refractivity contribution in [1.82, 2.24) is 20.5 Å². The number of nitrogens with one attached hydrogen (secondary N) is 2. The number of nitrogens with zero attached hydrogens (tertiary/aromatic N) is 3. The predicted octanol–water partition coefficient (Wildman–Crippen LogP) is 3.53. The van der Waals surface area contributed by atoms with Gasteiger partial charge in [-0.2, -0.15) is 5.10 Å². The van der Waals surface area contributed by atoms with Gasteiger partial charge in [0, 0.05) is 33.0 Å². The second kappa shape index (κ2) is 13.1. The Hall–Kier alpha value is -4.41. The fourth-order valence-corrected chi connectivity index (χ4v) is 5.46. The van der Waals surface area contributed by atoms with Crippen LogP contribution in [0.25, 0.3) is 0 Å². The summed E-state index contributed by atoms with van der Waals surface area (Å²) in [6, 6.07) is 17.9. The van der Waals surface area contributed by atoms with Crippen molar-refractivity contribution in [3.05, 3.63) is 66.2 Å². The summed E-state index contributed by atoms with van der Waals surface area (Å²) in [6.45, 7) is 8.90. The van der Waals surface area contributed by atoms with Gasteiger partial charge in [-0.05, 0) is 58.7 Å². The number of benzene rings is 2. The third kappa shape index (κ3) is 7.75. The zero-order valence-electron chi connectivity index (χ0n) is 26.4. The van der Waals surface area contributed by atoms with Gasteiger partial charge >= 0.3 is 6.09 Å². The normalized spacial score (nSPS) is 19.0. The lowest BCUT2D eigenvalue weighted by molar-refractivity contribution is -0.142. The quantitative estimate of drug-likeness (QED) is 0.426. The van der Waals surface area contributed by atoms with Crippen molar-refractivity contribution in [1.29, 1.82) is 0 Å². The van der Waals surface area contributed by atoms with Crippen LogP contribution < -0.4 is 15.4 Å². The molecule has 4 amide bonds. The summed E-state index contributed by atoms with van der Waals surface area (Å²) in [6.07, 6.45) is 0.253. The highest BCUT2D eigenvalue weighted by Gasteiger charge is 2.54. The minimum atomic E-state index is -1.39. The molecule has 0 bridgehead atoms. The smallest absolute Gasteiger partial charge is 0.408 e. The molecule has 2 aliphatic heterocycles. The average molecular weight is 606 g/mol. The lowest BCUT2D eigenvalue weighted by atomic mass is 9.73. The topological polar surface area (TPSA) is 130 Å². The van der Waals surface area contributed by atoms with Crippen molar-refractivity contribution in [3.63, 3.8) is 0 Å². The van der Waals surface area contributed by atoms with Gasteiger partial charge in [0.25, 0.3) is 5.91 Å². The number of piperidine rings is 1. The Kier molecular flexibility index (Phi) is 9.66. The number of carbonyl (C=O) groups is 4. The second-order valence-electron chi connectivity index (χ2n) is 12.9. The number of para-hydroxylation sites is 1. The van der Waals surface area contributed by atoms with E-state index in [4.69, 9.17) is 9.47 Å². The average Bonchev–Trinajstić information content (AvgIpc) is 3.20. The summed E-state index contributed by atoms with van der Waals surface area (Å²) in [5.74, 6) is -0.421. The van der Waals surface area contributed by atoms with Crippen LogP contribution in [0.15, 0.2) is 65.8 Å². The van der Waals surface area contributed by atoms with E-state index in [0.717, 1.165) is 11.3 Å². The van der Waals surface area contributed by atoms with Crippen molar-refractivity contribution in [2.24, 2.45) is 10.5 Å². The monoisotopic (exact) mass is 605 g/mol. The van der Waals surface area contributed by atoms with E-state index in [-0.39, 0.29) is 31.4 Å². The summed E-state index contributed by atoms with van der Waals surface area (Å²) < 4.78 is 11.2. The third-order valence-electron chi connectivity index (χ3n) is 7.67. The molecule has 0 aromatic heterocycles. The summed E-state index contributed by atoms with van der Waals surface area (Å²) in [5.41, 5.74) is -1.40. The van der Waals surface area contributed by atoms with Gasteiger partial charge in [-0.1, -0.05) is 48.5 Å². The Bertz CT molecular complexity index is 1390. The van der Waals surface area contributed by atoms with Crippen molar-refractivity contribution >= 4 is 29.5 Å². The van der Waals surface area contributed by atoms with Crippen LogP contribution in [0.1, 0.15) is 53.0 Å². The molecule has 4 rings (SSSR count). The van der Waals surface area contributed by atoms with E-state index in [2.05, 4.69) is 15.7 Å². The zero-order chi connectivity index (χ0) is 32.1. The largest absolute Gasteiger partial charge is 0.494 e. The summed E-state index contributed by atoms with van der Waals surface area (Å²) in [7, 11) is 1.64. The Morgan fingerprint density at radius 1 is 1.00 bits per heavy atom. The summed E-state index contributed by atoms with van der Waals surface area (Å²) in [5, 5.41) is 11.3. The molecular weight excluding hydrogens is 562 g/mol. The number of likely N-dealkylation sites (tertiary alicyclic amines) is 1. The maximum absolute atomic E-state index is 14.2. The lowest BCUT2D eigenvalue weighted by Gasteiger charge is -2.41. The van der Waals surface area contributed by atoms with Crippen molar-refractivity contribution in [3.8, 4) is 5.75 Å². The minimum absolute atomic E-state index is 0.133. The van der Waals surface area contributed by atoms with E-state index in [1.165, 1.54) is 5.01 Å². The number of rotatable bonds is 10. The van der Waals surface area contributed by atoms with E-state index in [1.807, 2.05) is 60.7 Å². The minimum Gasteiger partial charge on any atom is -0.494 e. The summed E-state index contributed by atoms with van der Waals surface area (Å²) in [4.78, 5) is 55.4. The van der Waals surface area contributed by atoms with Gasteiger partial charge < -0.3 is 25.0 Å². The van der Waals surface area contributed by atoms with Crippen LogP contribution in [-0.2, 0) is 25.5 Å². The van der Waals surface area contributed by atoms with Gasteiger partial charge in [0.15, 0.2) is 0 Å².